The van der Waals surface area contributed by atoms with Gasteiger partial charge in [0.25, 0.3) is 0 Å². The molecule has 0 spiro atoms. The highest BCUT2D eigenvalue weighted by Gasteiger charge is 2.24. The van der Waals surface area contributed by atoms with Gasteiger partial charge in [-0.25, -0.2) is 0 Å². The third kappa shape index (κ3) is 4.66. The molecule has 3 unspecified atom stereocenters. The Labute approximate surface area is 105 Å². The van der Waals surface area contributed by atoms with Gasteiger partial charge in [0.1, 0.15) is 0 Å². The fraction of sp³-hybridized carbons (Fsp3) is 0.929. The third-order valence-corrected chi connectivity index (χ3v) is 3.81. The molecule has 1 aliphatic rings. The van der Waals surface area contributed by atoms with Gasteiger partial charge in [-0.2, -0.15) is 0 Å². The summed E-state index contributed by atoms with van der Waals surface area (Å²) in [5.41, 5.74) is 0. The molecule has 1 aliphatic carbocycles. The number of nitrogens with one attached hydrogen (secondary N) is 1. The van der Waals surface area contributed by atoms with Crippen LogP contribution in [0.5, 0.6) is 0 Å². The topological polar surface area (TPSA) is 38.3 Å². The zero-order chi connectivity index (χ0) is 12.7. The monoisotopic (exact) mass is 241 g/mol. The van der Waals surface area contributed by atoms with Crippen LogP contribution >= 0.6 is 0 Å². The predicted molar refractivity (Wildman–Crippen MR) is 69.8 cm³/mol. The molecule has 0 bridgehead atoms. The quantitative estimate of drug-likeness (QED) is 0.727. The van der Waals surface area contributed by atoms with Crippen LogP contribution in [0.1, 0.15) is 52.9 Å². The molecule has 3 nitrogen and oxygen atoms in total. The van der Waals surface area contributed by atoms with Gasteiger partial charge in [-0.05, 0) is 25.7 Å². The van der Waals surface area contributed by atoms with Crippen molar-refractivity contribution >= 4 is 5.97 Å². The Hall–Kier alpha value is -0.570. The van der Waals surface area contributed by atoms with E-state index in [-0.39, 0.29) is 11.9 Å². The lowest BCUT2D eigenvalue weighted by atomic mass is 9.83. The molecule has 0 aromatic carbocycles. The maximum absolute atomic E-state index is 11.5. The molecule has 0 amide bonds. The Balaban J connectivity index is 2.30. The minimum atomic E-state index is -0.0798. The molecule has 0 aliphatic heterocycles. The molecule has 3 atom stereocenters. The van der Waals surface area contributed by atoms with Crippen LogP contribution in [0.4, 0.5) is 0 Å². The average Bonchev–Trinajstić information content (AvgIpc) is 2.36. The molecule has 0 heterocycles. The first-order chi connectivity index (χ1) is 8.19. The number of rotatable bonds is 6. The second-order valence-electron chi connectivity index (χ2n) is 5.12. The first-order valence-corrected chi connectivity index (χ1v) is 7.09. The summed E-state index contributed by atoms with van der Waals surface area (Å²) in [5, 5.41) is 3.56. The van der Waals surface area contributed by atoms with Crippen molar-refractivity contribution in [2.45, 2.75) is 58.9 Å². The zero-order valence-corrected chi connectivity index (χ0v) is 11.5. The van der Waals surface area contributed by atoms with Crippen molar-refractivity contribution in [3.05, 3.63) is 0 Å². The third-order valence-electron chi connectivity index (χ3n) is 3.81. The van der Waals surface area contributed by atoms with Crippen molar-refractivity contribution in [3.63, 3.8) is 0 Å². The highest BCUT2D eigenvalue weighted by molar-refractivity contribution is 5.72. The number of hydrogen-bond donors (Lipinski definition) is 1. The summed E-state index contributed by atoms with van der Waals surface area (Å²) >= 11 is 0. The van der Waals surface area contributed by atoms with Gasteiger partial charge in [-0.1, -0.05) is 33.1 Å². The van der Waals surface area contributed by atoms with Gasteiger partial charge in [0, 0.05) is 12.6 Å². The van der Waals surface area contributed by atoms with Crippen LogP contribution in [0, 0.1) is 11.8 Å². The summed E-state index contributed by atoms with van der Waals surface area (Å²) in [6, 6.07) is 0.602. The maximum Gasteiger partial charge on any atom is 0.309 e. The van der Waals surface area contributed by atoms with Crippen molar-refractivity contribution in [2.75, 3.05) is 13.2 Å². The van der Waals surface area contributed by atoms with E-state index in [1.54, 1.807) is 0 Å². The van der Waals surface area contributed by atoms with Crippen LogP contribution in [0.3, 0.4) is 0 Å². The van der Waals surface area contributed by atoms with E-state index in [4.69, 9.17) is 4.74 Å². The molecule has 1 saturated carbocycles. The van der Waals surface area contributed by atoms with Crippen molar-refractivity contribution in [1.29, 1.82) is 0 Å². The van der Waals surface area contributed by atoms with Gasteiger partial charge in [0.15, 0.2) is 0 Å². The summed E-state index contributed by atoms with van der Waals surface area (Å²) in [6.45, 7) is 7.28. The van der Waals surface area contributed by atoms with E-state index in [2.05, 4.69) is 12.2 Å². The Bertz CT molecular complexity index is 230. The van der Waals surface area contributed by atoms with E-state index in [1.807, 2.05) is 13.8 Å². The molecule has 3 heteroatoms. The Kier molecular flexibility index (Phi) is 6.56. The van der Waals surface area contributed by atoms with E-state index in [9.17, 15) is 4.79 Å². The number of esters is 1. The van der Waals surface area contributed by atoms with Crippen LogP contribution in [0.25, 0.3) is 0 Å². The minimum Gasteiger partial charge on any atom is -0.466 e. The summed E-state index contributed by atoms with van der Waals surface area (Å²) in [5.74, 6) is 0.677. The van der Waals surface area contributed by atoms with Crippen LogP contribution < -0.4 is 5.32 Å². The molecule has 1 fully saturated rings. The second-order valence-corrected chi connectivity index (χ2v) is 5.12. The molecule has 0 aromatic heterocycles. The minimum absolute atomic E-state index is 0.0330. The first kappa shape index (κ1) is 14.5. The second kappa shape index (κ2) is 7.70. The smallest absolute Gasteiger partial charge is 0.309 e. The van der Waals surface area contributed by atoms with Gasteiger partial charge in [-0.3, -0.25) is 4.79 Å². The van der Waals surface area contributed by atoms with Crippen molar-refractivity contribution < 1.29 is 9.53 Å². The van der Waals surface area contributed by atoms with Crippen molar-refractivity contribution in [1.82, 2.24) is 5.32 Å². The normalized spacial score (nSPS) is 26.5. The van der Waals surface area contributed by atoms with E-state index in [1.165, 1.54) is 32.1 Å². The first-order valence-electron chi connectivity index (χ1n) is 7.09. The summed E-state index contributed by atoms with van der Waals surface area (Å²) in [4.78, 5) is 11.5. The molecule has 1 rings (SSSR count). The lowest BCUT2D eigenvalue weighted by molar-refractivity contribution is -0.147. The lowest BCUT2D eigenvalue weighted by Gasteiger charge is -2.32. The van der Waals surface area contributed by atoms with Gasteiger partial charge in [0.05, 0.1) is 12.5 Å². The highest BCUT2D eigenvalue weighted by Crippen LogP contribution is 2.26. The number of carbonyl (C=O) groups excluding carboxylic acids is 1. The number of carbonyl (C=O) groups is 1. The van der Waals surface area contributed by atoms with Gasteiger partial charge >= 0.3 is 5.97 Å². The molecule has 0 radical (unpaired) electrons. The summed E-state index contributed by atoms with van der Waals surface area (Å²) in [6.07, 6.45) is 6.52. The number of ether oxygens (including phenoxy) is 1. The average molecular weight is 241 g/mol. The molecular formula is C14H27NO2. The van der Waals surface area contributed by atoms with Crippen LogP contribution in [-0.2, 0) is 9.53 Å². The van der Waals surface area contributed by atoms with E-state index >= 15 is 0 Å². The Morgan fingerprint density at radius 1 is 1.35 bits per heavy atom. The fourth-order valence-corrected chi connectivity index (χ4v) is 2.66. The van der Waals surface area contributed by atoms with Crippen molar-refractivity contribution in [3.8, 4) is 0 Å². The van der Waals surface area contributed by atoms with Crippen LogP contribution in [0.2, 0.25) is 0 Å². The van der Waals surface area contributed by atoms with Crippen LogP contribution in [-0.4, -0.2) is 25.2 Å². The van der Waals surface area contributed by atoms with Gasteiger partial charge < -0.3 is 10.1 Å². The maximum atomic E-state index is 11.5. The standard InChI is InChI=1S/C14H27NO2/c1-4-12-8-6-7-9-13(12)15-10-11(3)14(16)17-5-2/h11-13,15H,4-10H2,1-3H3. The van der Waals surface area contributed by atoms with E-state index in [0.717, 1.165) is 12.5 Å². The zero-order valence-electron chi connectivity index (χ0n) is 11.5. The van der Waals surface area contributed by atoms with E-state index < -0.39 is 0 Å². The summed E-state index contributed by atoms with van der Waals surface area (Å²) in [7, 11) is 0. The van der Waals surface area contributed by atoms with Crippen LogP contribution in [0.15, 0.2) is 0 Å². The molecule has 0 aromatic rings. The number of hydrogen-bond acceptors (Lipinski definition) is 3. The highest BCUT2D eigenvalue weighted by atomic mass is 16.5. The van der Waals surface area contributed by atoms with Gasteiger partial charge in [-0.15, -0.1) is 0 Å². The largest absolute Gasteiger partial charge is 0.466 e. The summed E-state index contributed by atoms with van der Waals surface area (Å²) < 4.78 is 5.02. The molecule has 0 saturated heterocycles. The van der Waals surface area contributed by atoms with E-state index in [0.29, 0.717) is 12.6 Å². The SMILES string of the molecule is CCOC(=O)C(C)CNC1CCCCC1CC. The lowest BCUT2D eigenvalue weighted by Crippen LogP contribution is -2.41. The Morgan fingerprint density at radius 2 is 2.06 bits per heavy atom. The Morgan fingerprint density at radius 3 is 2.71 bits per heavy atom. The van der Waals surface area contributed by atoms with Crippen molar-refractivity contribution in [2.24, 2.45) is 11.8 Å². The molecule has 17 heavy (non-hydrogen) atoms. The predicted octanol–water partition coefficient (Wildman–Crippen LogP) is 2.74. The molecular weight excluding hydrogens is 214 g/mol. The molecule has 1 N–H and O–H groups in total. The fourth-order valence-electron chi connectivity index (χ4n) is 2.66. The van der Waals surface area contributed by atoms with Gasteiger partial charge in [0.2, 0.25) is 0 Å². The molecule has 100 valence electrons.